The minimum Gasteiger partial charge on any atom is -0.494 e. The average Bonchev–Trinajstić information content (AvgIpc) is 3.09. The fourth-order valence-electron chi connectivity index (χ4n) is 2.18. The van der Waals surface area contributed by atoms with Crippen LogP contribution in [0.4, 0.5) is 5.13 Å². The van der Waals surface area contributed by atoms with Crippen molar-refractivity contribution in [1.29, 1.82) is 0 Å². The van der Waals surface area contributed by atoms with Gasteiger partial charge in [-0.2, -0.15) is 0 Å². The van der Waals surface area contributed by atoms with E-state index in [1.54, 1.807) is 12.1 Å². The van der Waals surface area contributed by atoms with E-state index < -0.39 is 0 Å². The maximum Gasteiger partial charge on any atom is 0.257 e. The molecule has 0 unspecified atom stereocenters. The summed E-state index contributed by atoms with van der Waals surface area (Å²) in [5.74, 6) is 0.682. The van der Waals surface area contributed by atoms with Crippen molar-refractivity contribution in [2.45, 2.75) is 13.3 Å². The lowest BCUT2D eigenvalue weighted by Gasteiger charge is -2.04. The second-order valence-electron chi connectivity index (χ2n) is 5.37. The summed E-state index contributed by atoms with van der Waals surface area (Å²) in [6.07, 6.45) is 0.981. The summed E-state index contributed by atoms with van der Waals surface area (Å²) in [4.78, 5) is 16.7. The molecule has 0 spiro atoms. The highest BCUT2D eigenvalue weighted by Crippen LogP contribution is 2.27. The molecule has 6 heteroatoms. The zero-order valence-electron chi connectivity index (χ0n) is 13.7. The van der Waals surface area contributed by atoms with E-state index in [0.717, 1.165) is 27.9 Å². The number of ether oxygens (including phenoxy) is 1. The van der Waals surface area contributed by atoms with Crippen molar-refractivity contribution in [2.24, 2.45) is 0 Å². The standard InChI is InChI=1S/C19H17BrN2O2S/c1-2-11-24-16-9-5-13(6-10-16)17-12-25-19(21-17)22-18(23)14-3-7-15(20)8-4-14/h3-10,12H,2,11H2,1H3,(H,21,22,23). The molecular weight excluding hydrogens is 400 g/mol. The largest absolute Gasteiger partial charge is 0.494 e. The maximum atomic E-state index is 12.2. The zero-order valence-corrected chi connectivity index (χ0v) is 16.1. The van der Waals surface area contributed by atoms with Crippen LogP contribution < -0.4 is 10.1 Å². The van der Waals surface area contributed by atoms with Crippen LogP contribution in [0.15, 0.2) is 58.4 Å². The summed E-state index contributed by atoms with van der Waals surface area (Å²) in [7, 11) is 0. The van der Waals surface area contributed by atoms with E-state index in [0.29, 0.717) is 17.3 Å². The number of carbonyl (C=O) groups excluding carboxylic acids is 1. The first-order valence-electron chi connectivity index (χ1n) is 7.91. The molecule has 25 heavy (non-hydrogen) atoms. The Labute approximate surface area is 159 Å². The first kappa shape index (κ1) is 17.6. The lowest BCUT2D eigenvalue weighted by atomic mass is 10.2. The van der Waals surface area contributed by atoms with E-state index in [4.69, 9.17) is 4.74 Å². The third-order valence-corrected chi connectivity index (χ3v) is 4.74. The number of carbonyl (C=O) groups is 1. The number of thiazole rings is 1. The van der Waals surface area contributed by atoms with Crippen LogP contribution in [0.5, 0.6) is 5.75 Å². The summed E-state index contributed by atoms with van der Waals surface area (Å²) in [6.45, 7) is 2.79. The van der Waals surface area contributed by atoms with E-state index in [9.17, 15) is 4.79 Å². The topological polar surface area (TPSA) is 51.2 Å². The summed E-state index contributed by atoms with van der Waals surface area (Å²) in [6, 6.07) is 15.0. The second kappa shape index (κ2) is 8.27. The van der Waals surface area contributed by atoms with E-state index in [2.05, 4.69) is 33.2 Å². The smallest absolute Gasteiger partial charge is 0.257 e. The van der Waals surface area contributed by atoms with Crippen LogP contribution in [0.25, 0.3) is 11.3 Å². The van der Waals surface area contributed by atoms with Gasteiger partial charge in [-0.25, -0.2) is 4.98 Å². The molecule has 0 aliphatic carbocycles. The lowest BCUT2D eigenvalue weighted by molar-refractivity contribution is 0.102. The number of rotatable bonds is 6. The Balaban J connectivity index is 1.67. The molecule has 3 aromatic rings. The summed E-state index contributed by atoms with van der Waals surface area (Å²) >= 11 is 4.76. The van der Waals surface area contributed by atoms with Gasteiger partial charge in [0, 0.05) is 21.0 Å². The average molecular weight is 417 g/mol. The number of anilines is 1. The van der Waals surface area contributed by atoms with Crippen LogP contribution in [0, 0.1) is 0 Å². The fourth-order valence-corrected chi connectivity index (χ4v) is 3.16. The van der Waals surface area contributed by atoms with Crippen LogP contribution in [0.1, 0.15) is 23.7 Å². The molecule has 0 saturated carbocycles. The lowest BCUT2D eigenvalue weighted by Crippen LogP contribution is -2.11. The van der Waals surface area contributed by atoms with Crippen molar-refractivity contribution in [3.05, 3.63) is 63.9 Å². The molecule has 2 aromatic carbocycles. The minimum atomic E-state index is -0.170. The molecule has 4 nitrogen and oxygen atoms in total. The summed E-state index contributed by atoms with van der Waals surface area (Å²) in [5.41, 5.74) is 2.42. The van der Waals surface area contributed by atoms with Gasteiger partial charge in [0.05, 0.1) is 12.3 Å². The van der Waals surface area contributed by atoms with Crippen LogP contribution in [0.3, 0.4) is 0 Å². The van der Waals surface area contributed by atoms with Crippen LogP contribution in [0.2, 0.25) is 0 Å². The number of nitrogens with one attached hydrogen (secondary N) is 1. The normalized spacial score (nSPS) is 10.5. The molecule has 128 valence electrons. The summed E-state index contributed by atoms with van der Waals surface area (Å²) in [5, 5.41) is 5.34. The molecule has 1 amide bonds. The van der Waals surface area contributed by atoms with Gasteiger partial charge in [0.2, 0.25) is 0 Å². The zero-order chi connectivity index (χ0) is 17.6. The van der Waals surface area contributed by atoms with Crippen LogP contribution in [-0.2, 0) is 0 Å². The fraction of sp³-hybridized carbons (Fsp3) is 0.158. The number of benzene rings is 2. The van der Waals surface area contributed by atoms with Gasteiger partial charge < -0.3 is 4.74 Å². The maximum absolute atomic E-state index is 12.2. The van der Waals surface area contributed by atoms with E-state index >= 15 is 0 Å². The van der Waals surface area contributed by atoms with E-state index in [1.165, 1.54) is 11.3 Å². The molecule has 1 N–H and O–H groups in total. The van der Waals surface area contributed by atoms with E-state index in [1.807, 2.05) is 41.8 Å². The molecular formula is C19H17BrN2O2S. The number of amides is 1. The van der Waals surface area contributed by atoms with Crippen molar-refractivity contribution in [3.8, 4) is 17.0 Å². The molecule has 3 rings (SSSR count). The van der Waals surface area contributed by atoms with Gasteiger partial charge in [-0.3, -0.25) is 10.1 Å². The monoisotopic (exact) mass is 416 g/mol. The van der Waals surface area contributed by atoms with Crippen LogP contribution >= 0.6 is 27.3 Å². The van der Waals surface area contributed by atoms with Crippen molar-refractivity contribution in [2.75, 3.05) is 11.9 Å². The number of nitrogens with zero attached hydrogens (tertiary/aromatic N) is 1. The quantitative estimate of drug-likeness (QED) is 0.567. The van der Waals surface area contributed by atoms with Crippen molar-refractivity contribution in [3.63, 3.8) is 0 Å². The van der Waals surface area contributed by atoms with Gasteiger partial charge >= 0.3 is 0 Å². The van der Waals surface area contributed by atoms with Gasteiger partial charge in [-0.15, -0.1) is 11.3 Å². The van der Waals surface area contributed by atoms with Gasteiger partial charge in [-0.05, 0) is 55.0 Å². The van der Waals surface area contributed by atoms with Gasteiger partial charge in [0.25, 0.3) is 5.91 Å². The molecule has 1 heterocycles. The molecule has 0 saturated heterocycles. The summed E-state index contributed by atoms with van der Waals surface area (Å²) < 4.78 is 6.52. The number of aromatic nitrogens is 1. The Kier molecular flexibility index (Phi) is 5.83. The molecule has 0 aliphatic rings. The van der Waals surface area contributed by atoms with Crippen LogP contribution in [-0.4, -0.2) is 17.5 Å². The number of hydrogen-bond donors (Lipinski definition) is 1. The highest BCUT2D eigenvalue weighted by molar-refractivity contribution is 9.10. The van der Waals surface area contributed by atoms with Gasteiger partial charge in [0.15, 0.2) is 5.13 Å². The van der Waals surface area contributed by atoms with Crippen molar-refractivity contribution in [1.82, 2.24) is 4.98 Å². The molecule has 1 aromatic heterocycles. The second-order valence-corrected chi connectivity index (χ2v) is 7.15. The molecule has 0 fully saturated rings. The molecule has 0 atom stereocenters. The minimum absolute atomic E-state index is 0.170. The van der Waals surface area contributed by atoms with Crippen molar-refractivity contribution < 1.29 is 9.53 Å². The predicted molar refractivity (Wildman–Crippen MR) is 105 cm³/mol. The SMILES string of the molecule is CCCOc1ccc(-c2csc(NC(=O)c3ccc(Br)cc3)n2)cc1. The predicted octanol–water partition coefficient (Wildman–Crippen LogP) is 5.61. The Morgan fingerprint density at radius 3 is 2.56 bits per heavy atom. The third-order valence-electron chi connectivity index (χ3n) is 3.45. The van der Waals surface area contributed by atoms with Crippen molar-refractivity contribution >= 4 is 38.3 Å². The Morgan fingerprint density at radius 1 is 1.16 bits per heavy atom. The Bertz CT molecular complexity index is 845. The van der Waals surface area contributed by atoms with E-state index in [-0.39, 0.29) is 5.91 Å². The highest BCUT2D eigenvalue weighted by Gasteiger charge is 2.10. The first-order chi connectivity index (χ1) is 12.2. The molecule has 0 bridgehead atoms. The third kappa shape index (κ3) is 4.67. The van der Waals surface area contributed by atoms with Gasteiger partial charge in [-0.1, -0.05) is 22.9 Å². The molecule has 0 radical (unpaired) electrons. The molecule has 0 aliphatic heterocycles. The van der Waals surface area contributed by atoms with Gasteiger partial charge in [0.1, 0.15) is 5.75 Å². The number of halogens is 1. The highest BCUT2D eigenvalue weighted by atomic mass is 79.9. The first-order valence-corrected chi connectivity index (χ1v) is 9.58. The number of hydrogen-bond acceptors (Lipinski definition) is 4. The Morgan fingerprint density at radius 2 is 1.88 bits per heavy atom. The Hall–Kier alpha value is -2.18.